The molecule has 0 aliphatic heterocycles. The van der Waals surface area contributed by atoms with Gasteiger partial charge in [0, 0.05) is 12.0 Å². The maximum atomic E-state index is 12.7. The maximum Gasteiger partial charge on any atom is 0.251 e. The van der Waals surface area contributed by atoms with E-state index in [1.165, 1.54) is 18.2 Å². The quantitative estimate of drug-likeness (QED) is 0.858. The van der Waals surface area contributed by atoms with Crippen LogP contribution in [0.5, 0.6) is 0 Å². The number of aromatic nitrogens is 3. The Morgan fingerprint density at radius 3 is 2.82 bits per heavy atom. The first-order chi connectivity index (χ1) is 8.22. The summed E-state index contributed by atoms with van der Waals surface area (Å²) >= 11 is 0. The Balaban J connectivity index is 2.07. The maximum absolute atomic E-state index is 12.7. The number of hydrogen-bond acceptors (Lipinski definition) is 3. The summed E-state index contributed by atoms with van der Waals surface area (Å²) in [6.07, 6.45) is 3.26. The van der Waals surface area contributed by atoms with Gasteiger partial charge in [-0.05, 0) is 25.0 Å². The Labute approximate surface area is 96.6 Å². The third kappa shape index (κ3) is 2.08. The van der Waals surface area contributed by atoms with Gasteiger partial charge in [0.1, 0.15) is 11.5 Å². The Kier molecular flexibility index (Phi) is 2.24. The van der Waals surface area contributed by atoms with Gasteiger partial charge in [-0.15, -0.1) is 0 Å². The summed E-state index contributed by atoms with van der Waals surface area (Å²) < 4.78 is 12.7. The van der Waals surface area contributed by atoms with Gasteiger partial charge in [-0.1, -0.05) is 0 Å². The molecule has 1 N–H and O–H groups in total. The number of nitrogens with one attached hydrogen (secondary N) is 1. The molecule has 1 fully saturated rings. The average Bonchev–Trinajstić information content (AvgIpc) is 3.13. The van der Waals surface area contributed by atoms with Crippen molar-refractivity contribution in [1.29, 1.82) is 0 Å². The second-order valence-electron chi connectivity index (χ2n) is 4.15. The molecule has 0 saturated heterocycles. The largest absolute Gasteiger partial charge is 0.305 e. The van der Waals surface area contributed by atoms with E-state index in [9.17, 15) is 9.18 Å². The minimum atomic E-state index is -0.408. The molecule has 0 atom stereocenters. The van der Waals surface area contributed by atoms with Gasteiger partial charge in [-0.3, -0.25) is 4.79 Å². The monoisotopic (exact) mass is 231 g/mol. The lowest BCUT2D eigenvalue weighted by Gasteiger charge is -2.02. The number of pyridine rings is 1. The van der Waals surface area contributed by atoms with Crippen molar-refractivity contribution in [2.75, 3.05) is 0 Å². The SMILES string of the molecule is O=c1cc(C2CC2)nc(-c2ccc(F)cn2)[nH]1. The molecule has 0 amide bonds. The van der Waals surface area contributed by atoms with Crippen LogP contribution in [-0.2, 0) is 0 Å². The second kappa shape index (κ2) is 3.76. The van der Waals surface area contributed by atoms with Crippen molar-refractivity contribution < 1.29 is 4.39 Å². The zero-order valence-electron chi connectivity index (χ0n) is 8.98. The van der Waals surface area contributed by atoms with E-state index in [0.717, 1.165) is 24.7 Å². The van der Waals surface area contributed by atoms with Crippen molar-refractivity contribution in [2.45, 2.75) is 18.8 Å². The summed E-state index contributed by atoms with van der Waals surface area (Å²) in [6.45, 7) is 0. The zero-order valence-corrected chi connectivity index (χ0v) is 8.98. The summed E-state index contributed by atoms with van der Waals surface area (Å²) in [6, 6.07) is 4.32. The van der Waals surface area contributed by atoms with Gasteiger partial charge in [0.2, 0.25) is 0 Å². The van der Waals surface area contributed by atoms with E-state index >= 15 is 0 Å². The van der Waals surface area contributed by atoms with Crippen LogP contribution in [0.15, 0.2) is 29.2 Å². The fourth-order valence-electron chi connectivity index (χ4n) is 1.70. The fourth-order valence-corrected chi connectivity index (χ4v) is 1.70. The summed E-state index contributed by atoms with van der Waals surface area (Å²) in [5.41, 5.74) is 1.09. The molecule has 3 rings (SSSR count). The van der Waals surface area contributed by atoms with Crippen LogP contribution in [0, 0.1) is 5.82 Å². The van der Waals surface area contributed by atoms with Crippen LogP contribution in [0.4, 0.5) is 4.39 Å². The highest BCUT2D eigenvalue weighted by molar-refractivity contribution is 5.48. The van der Waals surface area contributed by atoms with E-state index in [1.54, 1.807) is 0 Å². The Morgan fingerprint density at radius 2 is 2.18 bits per heavy atom. The molecule has 1 aliphatic rings. The predicted molar refractivity (Wildman–Crippen MR) is 60.0 cm³/mol. The van der Waals surface area contributed by atoms with Crippen molar-refractivity contribution in [1.82, 2.24) is 15.0 Å². The summed E-state index contributed by atoms with van der Waals surface area (Å²) in [7, 11) is 0. The van der Waals surface area contributed by atoms with E-state index in [1.807, 2.05) is 0 Å². The minimum absolute atomic E-state index is 0.192. The summed E-state index contributed by atoms with van der Waals surface area (Å²) in [4.78, 5) is 22.4. The van der Waals surface area contributed by atoms with Gasteiger partial charge in [-0.25, -0.2) is 14.4 Å². The molecular formula is C12H10FN3O. The molecule has 0 unspecified atom stereocenters. The van der Waals surface area contributed by atoms with Crippen LogP contribution in [0.2, 0.25) is 0 Å². The van der Waals surface area contributed by atoms with Gasteiger partial charge in [-0.2, -0.15) is 0 Å². The van der Waals surface area contributed by atoms with E-state index in [0.29, 0.717) is 17.4 Å². The van der Waals surface area contributed by atoms with Crippen molar-refractivity contribution in [3.05, 3.63) is 46.3 Å². The van der Waals surface area contributed by atoms with E-state index in [-0.39, 0.29) is 5.56 Å². The van der Waals surface area contributed by atoms with Crippen LogP contribution >= 0.6 is 0 Å². The van der Waals surface area contributed by atoms with E-state index < -0.39 is 5.82 Å². The van der Waals surface area contributed by atoms with Gasteiger partial charge in [0.25, 0.3) is 5.56 Å². The van der Waals surface area contributed by atoms with Crippen LogP contribution in [0.3, 0.4) is 0 Å². The lowest BCUT2D eigenvalue weighted by Crippen LogP contribution is -2.10. The molecule has 2 aromatic heterocycles. The van der Waals surface area contributed by atoms with Crippen molar-refractivity contribution in [3.63, 3.8) is 0 Å². The van der Waals surface area contributed by atoms with E-state index in [2.05, 4.69) is 15.0 Å². The van der Waals surface area contributed by atoms with Crippen LogP contribution in [-0.4, -0.2) is 15.0 Å². The lowest BCUT2D eigenvalue weighted by molar-refractivity contribution is 0.621. The number of H-pyrrole nitrogens is 1. The molecule has 2 aromatic rings. The van der Waals surface area contributed by atoms with Gasteiger partial charge in [0.05, 0.1) is 11.9 Å². The smallest absolute Gasteiger partial charge is 0.251 e. The number of nitrogens with zero attached hydrogens (tertiary/aromatic N) is 2. The van der Waals surface area contributed by atoms with Crippen molar-refractivity contribution in [3.8, 4) is 11.5 Å². The molecule has 0 spiro atoms. The van der Waals surface area contributed by atoms with Crippen LogP contribution < -0.4 is 5.56 Å². The number of rotatable bonds is 2. The second-order valence-corrected chi connectivity index (χ2v) is 4.15. The Hall–Kier alpha value is -2.04. The molecule has 0 radical (unpaired) electrons. The molecule has 1 saturated carbocycles. The number of halogens is 1. The molecule has 17 heavy (non-hydrogen) atoms. The molecule has 0 bridgehead atoms. The highest BCUT2D eigenvalue weighted by atomic mass is 19.1. The van der Waals surface area contributed by atoms with Crippen molar-refractivity contribution >= 4 is 0 Å². The Morgan fingerprint density at radius 1 is 1.35 bits per heavy atom. The Bertz CT molecular complexity index is 602. The standard InChI is InChI=1S/C12H10FN3O/c13-8-3-4-9(14-6-8)12-15-10(7-1-2-7)5-11(17)16-12/h3-7H,1-2H2,(H,15,16,17). The first kappa shape index (κ1) is 10.1. The average molecular weight is 231 g/mol. The summed E-state index contributed by atoms with van der Waals surface area (Å²) in [5, 5.41) is 0. The van der Waals surface area contributed by atoms with Gasteiger partial charge < -0.3 is 4.98 Å². The molecule has 2 heterocycles. The third-order valence-electron chi connectivity index (χ3n) is 2.73. The molecule has 4 nitrogen and oxygen atoms in total. The van der Waals surface area contributed by atoms with Crippen molar-refractivity contribution in [2.24, 2.45) is 0 Å². The predicted octanol–water partition coefficient (Wildman–Crippen LogP) is 1.85. The normalized spacial score (nSPS) is 14.9. The first-order valence-corrected chi connectivity index (χ1v) is 5.45. The third-order valence-corrected chi connectivity index (χ3v) is 2.73. The lowest BCUT2D eigenvalue weighted by atomic mass is 10.2. The minimum Gasteiger partial charge on any atom is -0.305 e. The molecule has 86 valence electrons. The highest BCUT2D eigenvalue weighted by Crippen LogP contribution is 2.38. The summed E-state index contributed by atoms with van der Waals surface area (Å²) in [5.74, 6) is 0.394. The molecule has 0 aromatic carbocycles. The van der Waals surface area contributed by atoms with Gasteiger partial charge in [0.15, 0.2) is 5.82 Å². The molecule has 1 aliphatic carbocycles. The van der Waals surface area contributed by atoms with Crippen LogP contribution in [0.1, 0.15) is 24.5 Å². The van der Waals surface area contributed by atoms with Gasteiger partial charge >= 0.3 is 0 Å². The van der Waals surface area contributed by atoms with Crippen LogP contribution in [0.25, 0.3) is 11.5 Å². The fraction of sp³-hybridized carbons (Fsp3) is 0.250. The first-order valence-electron chi connectivity index (χ1n) is 5.45. The van der Waals surface area contributed by atoms with E-state index in [4.69, 9.17) is 0 Å². The topological polar surface area (TPSA) is 58.6 Å². The highest BCUT2D eigenvalue weighted by Gasteiger charge is 2.26. The zero-order chi connectivity index (χ0) is 11.8. The molecule has 5 heteroatoms. The molecular weight excluding hydrogens is 221 g/mol. The number of hydrogen-bond donors (Lipinski definition) is 1. The number of aromatic amines is 1.